The zero-order valence-electron chi connectivity index (χ0n) is 19.4. The van der Waals surface area contributed by atoms with Crippen LogP contribution in [-0.2, 0) is 20.9 Å². The lowest BCUT2D eigenvalue weighted by atomic mass is 9.93. The fourth-order valence-corrected chi connectivity index (χ4v) is 4.97. The third kappa shape index (κ3) is 4.87. The summed E-state index contributed by atoms with van der Waals surface area (Å²) >= 11 is 1.46. The Morgan fingerprint density at radius 1 is 1.09 bits per heavy atom. The van der Waals surface area contributed by atoms with Gasteiger partial charge in [0.15, 0.2) is 5.17 Å². The molecule has 4 rings (SSSR count). The second-order valence-corrected chi connectivity index (χ2v) is 8.65. The topological polar surface area (TPSA) is 80.2 Å². The minimum Gasteiger partial charge on any atom is -0.497 e. The molecule has 0 spiro atoms. The highest BCUT2D eigenvalue weighted by Crippen LogP contribution is 2.45. The minimum absolute atomic E-state index is 0.102. The molecule has 0 fully saturated rings. The number of allylic oxidation sites excluding steroid dienone is 1. The number of ether oxygens (including phenoxy) is 2. The number of amidine groups is 1. The molecule has 2 heterocycles. The maximum atomic E-state index is 12.9. The summed E-state index contributed by atoms with van der Waals surface area (Å²) < 4.78 is 10.5. The first-order valence-corrected chi connectivity index (χ1v) is 11.9. The Morgan fingerprint density at radius 3 is 2.47 bits per heavy atom. The number of rotatable bonds is 8. The molecule has 0 saturated heterocycles. The zero-order valence-corrected chi connectivity index (χ0v) is 20.2. The van der Waals surface area contributed by atoms with E-state index >= 15 is 0 Å². The van der Waals surface area contributed by atoms with Crippen molar-refractivity contribution in [1.29, 1.82) is 0 Å². The van der Waals surface area contributed by atoms with Gasteiger partial charge in [-0.15, -0.1) is 0 Å². The van der Waals surface area contributed by atoms with Crippen LogP contribution in [-0.4, -0.2) is 36.2 Å². The van der Waals surface area contributed by atoms with Crippen molar-refractivity contribution in [3.63, 3.8) is 0 Å². The van der Waals surface area contributed by atoms with E-state index in [1.165, 1.54) is 18.9 Å². The van der Waals surface area contributed by atoms with E-state index in [1.54, 1.807) is 7.11 Å². The van der Waals surface area contributed by atoms with Gasteiger partial charge in [-0.05, 0) is 35.1 Å². The summed E-state index contributed by atoms with van der Waals surface area (Å²) in [5, 5.41) is 5.66. The number of thioether (sulfide) groups is 1. The molecule has 2 aromatic rings. The quantitative estimate of drug-likeness (QED) is 0.563. The van der Waals surface area contributed by atoms with Crippen molar-refractivity contribution in [3.05, 3.63) is 88.1 Å². The monoisotopic (exact) mass is 477 g/mol. The highest BCUT2D eigenvalue weighted by atomic mass is 32.2. The van der Waals surface area contributed by atoms with Crippen LogP contribution in [0.25, 0.3) is 0 Å². The number of amides is 1. The van der Waals surface area contributed by atoms with Gasteiger partial charge in [0.1, 0.15) is 5.75 Å². The predicted octanol–water partition coefficient (Wildman–Crippen LogP) is 4.54. The molecule has 0 aliphatic carbocycles. The van der Waals surface area contributed by atoms with Crippen molar-refractivity contribution in [3.8, 4) is 5.75 Å². The van der Waals surface area contributed by atoms with E-state index in [1.807, 2.05) is 71.8 Å². The molecule has 1 atom stereocenters. The van der Waals surface area contributed by atoms with Crippen LogP contribution in [0, 0.1) is 0 Å². The number of aliphatic imine (C=N–C) groups is 1. The van der Waals surface area contributed by atoms with Crippen molar-refractivity contribution < 1.29 is 19.1 Å². The van der Waals surface area contributed by atoms with Gasteiger partial charge in [0.05, 0.1) is 38.0 Å². The molecule has 1 amide bonds. The summed E-state index contributed by atoms with van der Waals surface area (Å²) in [6, 6.07) is 16.9. The summed E-state index contributed by atoms with van der Waals surface area (Å²) in [6.07, 6.45) is 0.753. The van der Waals surface area contributed by atoms with Crippen molar-refractivity contribution in [2.45, 2.75) is 32.4 Å². The van der Waals surface area contributed by atoms with Gasteiger partial charge in [-0.3, -0.25) is 4.79 Å². The first-order chi connectivity index (χ1) is 16.5. The van der Waals surface area contributed by atoms with Gasteiger partial charge in [-0.1, -0.05) is 61.2 Å². The predicted molar refractivity (Wildman–Crippen MR) is 133 cm³/mol. The van der Waals surface area contributed by atoms with Gasteiger partial charge in [-0.2, -0.15) is 0 Å². The van der Waals surface area contributed by atoms with Gasteiger partial charge in [-0.25, -0.2) is 9.79 Å². The number of esters is 1. The standard InChI is InChI=1S/C26H27N3O4S/c1-4-21-23(25(31)33-3)24(18-10-12-20(32-2)13-11-18)29-19(16-34-26(29)28-21)14-22(30)27-15-17-8-6-5-7-9-17/h5-13,16,24H,4,14-15H2,1-3H3,(H,27,30). The number of nitrogens with zero attached hydrogens (tertiary/aromatic N) is 2. The Morgan fingerprint density at radius 2 is 1.82 bits per heavy atom. The molecule has 34 heavy (non-hydrogen) atoms. The van der Waals surface area contributed by atoms with Gasteiger partial charge in [0.2, 0.25) is 5.91 Å². The van der Waals surface area contributed by atoms with E-state index in [2.05, 4.69) is 5.32 Å². The van der Waals surface area contributed by atoms with E-state index in [0.29, 0.717) is 24.2 Å². The molecule has 0 bridgehead atoms. The van der Waals surface area contributed by atoms with Crippen LogP contribution in [0.2, 0.25) is 0 Å². The maximum Gasteiger partial charge on any atom is 0.338 e. The van der Waals surface area contributed by atoms with E-state index in [0.717, 1.165) is 27.7 Å². The summed E-state index contributed by atoms with van der Waals surface area (Å²) in [7, 11) is 2.99. The Bertz CT molecular complexity index is 1160. The Kier molecular flexibility index (Phi) is 7.37. The lowest BCUT2D eigenvalue weighted by Gasteiger charge is -2.36. The van der Waals surface area contributed by atoms with Crippen LogP contribution in [0.15, 0.2) is 82.0 Å². The molecular formula is C26H27N3O4S. The highest BCUT2D eigenvalue weighted by Gasteiger charge is 2.41. The second kappa shape index (κ2) is 10.6. The molecule has 7 nitrogen and oxygen atoms in total. The molecule has 8 heteroatoms. The fraction of sp³-hybridized carbons (Fsp3) is 0.269. The van der Waals surface area contributed by atoms with Crippen LogP contribution in [0.5, 0.6) is 5.75 Å². The van der Waals surface area contributed by atoms with E-state index in [9.17, 15) is 9.59 Å². The van der Waals surface area contributed by atoms with E-state index in [-0.39, 0.29) is 12.3 Å². The summed E-state index contributed by atoms with van der Waals surface area (Å²) in [5.41, 5.74) is 3.88. The molecule has 1 unspecified atom stereocenters. The molecule has 2 aliphatic rings. The largest absolute Gasteiger partial charge is 0.497 e. The average Bonchev–Trinajstić information content (AvgIpc) is 3.28. The van der Waals surface area contributed by atoms with Crippen LogP contribution in [0.4, 0.5) is 0 Å². The van der Waals surface area contributed by atoms with E-state index in [4.69, 9.17) is 14.5 Å². The number of nitrogens with one attached hydrogen (secondary N) is 1. The third-order valence-electron chi connectivity index (χ3n) is 5.73. The first kappa shape index (κ1) is 23.6. The Balaban J connectivity index is 1.63. The number of benzene rings is 2. The SMILES string of the molecule is CCC1=C(C(=O)OC)C(c2ccc(OC)cc2)N2C(CC(=O)NCc3ccccc3)=CSC2=N1. The van der Waals surface area contributed by atoms with Crippen LogP contribution in [0.3, 0.4) is 0 Å². The highest BCUT2D eigenvalue weighted by molar-refractivity contribution is 8.16. The van der Waals surface area contributed by atoms with Crippen LogP contribution in [0.1, 0.15) is 36.9 Å². The van der Waals surface area contributed by atoms with Crippen molar-refractivity contribution in [2.75, 3.05) is 14.2 Å². The number of hydrogen-bond donors (Lipinski definition) is 1. The minimum atomic E-state index is -0.455. The molecular weight excluding hydrogens is 450 g/mol. The normalized spacial score (nSPS) is 17.0. The average molecular weight is 478 g/mol. The lowest BCUT2D eigenvalue weighted by molar-refractivity contribution is -0.136. The third-order valence-corrected chi connectivity index (χ3v) is 6.62. The van der Waals surface area contributed by atoms with Gasteiger partial charge in [0.25, 0.3) is 0 Å². The number of methoxy groups -OCH3 is 2. The number of fused-ring (bicyclic) bond motifs is 1. The molecule has 0 saturated carbocycles. The lowest BCUT2D eigenvalue weighted by Crippen LogP contribution is -2.38. The van der Waals surface area contributed by atoms with E-state index < -0.39 is 12.0 Å². The molecule has 2 aliphatic heterocycles. The molecule has 176 valence electrons. The van der Waals surface area contributed by atoms with Gasteiger partial charge in [0, 0.05) is 12.2 Å². The number of carbonyl (C=O) groups is 2. The number of hydrogen-bond acceptors (Lipinski definition) is 7. The van der Waals surface area contributed by atoms with Crippen LogP contribution >= 0.6 is 11.8 Å². The van der Waals surface area contributed by atoms with Gasteiger partial charge < -0.3 is 19.7 Å². The Hall–Kier alpha value is -3.52. The van der Waals surface area contributed by atoms with Crippen LogP contribution < -0.4 is 10.1 Å². The second-order valence-electron chi connectivity index (χ2n) is 7.81. The summed E-state index contributed by atoms with van der Waals surface area (Å²) in [5.74, 6) is 0.195. The molecule has 0 aromatic heterocycles. The molecule has 2 aromatic carbocycles. The molecule has 1 N–H and O–H groups in total. The number of carbonyl (C=O) groups excluding carboxylic acids is 2. The van der Waals surface area contributed by atoms with Crippen molar-refractivity contribution in [2.24, 2.45) is 4.99 Å². The molecule has 0 radical (unpaired) electrons. The first-order valence-electron chi connectivity index (χ1n) is 11.0. The summed E-state index contributed by atoms with van der Waals surface area (Å²) in [6.45, 7) is 2.42. The van der Waals surface area contributed by atoms with Gasteiger partial charge >= 0.3 is 5.97 Å². The zero-order chi connectivity index (χ0) is 24.1. The fourth-order valence-electron chi connectivity index (χ4n) is 4.04. The smallest absolute Gasteiger partial charge is 0.338 e. The Labute approximate surface area is 203 Å². The summed E-state index contributed by atoms with van der Waals surface area (Å²) in [4.78, 5) is 32.5. The van der Waals surface area contributed by atoms with Crippen molar-refractivity contribution in [1.82, 2.24) is 10.2 Å². The maximum absolute atomic E-state index is 12.9. The van der Waals surface area contributed by atoms with Crippen molar-refractivity contribution >= 4 is 28.8 Å².